The van der Waals surface area contributed by atoms with E-state index in [0.717, 1.165) is 0 Å². The summed E-state index contributed by atoms with van der Waals surface area (Å²) >= 11 is 1.26. The van der Waals surface area contributed by atoms with Crippen LogP contribution in [0, 0.1) is 0 Å². The molecule has 1 aromatic heterocycles. The van der Waals surface area contributed by atoms with Crippen molar-refractivity contribution in [1.29, 1.82) is 0 Å². The van der Waals surface area contributed by atoms with Gasteiger partial charge in [0.15, 0.2) is 6.54 Å². The first-order valence-corrected chi connectivity index (χ1v) is 5.90. The lowest BCUT2D eigenvalue weighted by molar-refractivity contribution is -0.874. The van der Waals surface area contributed by atoms with Gasteiger partial charge in [-0.3, -0.25) is 4.79 Å². The number of carbonyl (C=O) groups is 1. The van der Waals surface area contributed by atoms with Crippen LogP contribution in [0.25, 0.3) is 0 Å². The van der Waals surface area contributed by atoms with Crippen molar-refractivity contribution in [3.8, 4) is 0 Å². The third-order valence-corrected chi connectivity index (χ3v) is 2.78. The number of hydrogen-bond acceptors (Lipinski definition) is 5. The van der Waals surface area contributed by atoms with E-state index in [0.29, 0.717) is 17.7 Å². The zero-order valence-electron chi connectivity index (χ0n) is 9.90. The molecule has 1 aromatic rings. The summed E-state index contributed by atoms with van der Waals surface area (Å²) in [4.78, 5) is 12.5. The normalized spacial score (nSPS) is 12.8. The summed E-state index contributed by atoms with van der Waals surface area (Å²) in [5, 5.41) is 10.6. The Kier molecular flexibility index (Phi) is 4.75. The van der Waals surface area contributed by atoms with E-state index in [1.807, 2.05) is 14.1 Å². The summed E-state index contributed by atoms with van der Waals surface area (Å²) in [6.07, 6.45) is 0. The Balaban J connectivity index is 2.55. The van der Waals surface area contributed by atoms with Crippen LogP contribution in [0.15, 0.2) is 9.64 Å². The lowest BCUT2D eigenvalue weighted by atomic mass is 10.4. The molecule has 0 saturated carbocycles. The molecule has 0 saturated heterocycles. The molecule has 1 amide bonds. The molecule has 2 N–H and O–H groups in total. The molecule has 7 heteroatoms. The van der Waals surface area contributed by atoms with Gasteiger partial charge in [-0.2, -0.15) is 0 Å². The number of hydrogen-bond donors (Lipinski definition) is 2. The second-order valence-electron chi connectivity index (χ2n) is 3.72. The maximum absolute atomic E-state index is 11.3. The van der Waals surface area contributed by atoms with Crippen molar-refractivity contribution in [2.45, 2.75) is 23.9 Å². The average Bonchev–Trinajstić information content (AvgIpc) is 2.63. The Morgan fingerprint density at radius 1 is 1.56 bits per heavy atom. The van der Waals surface area contributed by atoms with E-state index < -0.39 is 0 Å². The van der Waals surface area contributed by atoms with Crippen LogP contribution in [0.3, 0.4) is 0 Å². The number of carbonyl (C=O) groups excluding carboxylic acids is 1. The molecule has 0 unspecified atom stereocenters. The zero-order chi connectivity index (χ0) is 12.1. The van der Waals surface area contributed by atoms with Crippen molar-refractivity contribution in [3.05, 3.63) is 5.89 Å². The van der Waals surface area contributed by atoms with Gasteiger partial charge in [0, 0.05) is 7.05 Å². The largest absolute Gasteiger partial charge is 0.410 e. The quantitative estimate of drug-likeness (QED) is 0.647. The Labute approximate surface area is 98.8 Å². The molecule has 1 atom stereocenters. The van der Waals surface area contributed by atoms with Crippen LogP contribution in [0.2, 0.25) is 0 Å². The number of nitrogens with zero attached hydrogens (tertiary/aromatic N) is 2. The molecular weight excluding hydrogens is 228 g/mol. The maximum Gasteiger partial charge on any atom is 0.277 e. The fraction of sp³-hybridized carbons (Fsp3) is 0.667. The highest BCUT2D eigenvalue weighted by Crippen LogP contribution is 2.21. The molecule has 0 spiro atoms. The Morgan fingerprint density at radius 3 is 2.81 bits per heavy atom. The second-order valence-corrected chi connectivity index (χ2v) is 5.01. The van der Waals surface area contributed by atoms with Crippen LogP contribution in [-0.2, 0) is 11.3 Å². The summed E-state index contributed by atoms with van der Waals surface area (Å²) < 4.78 is 5.40. The van der Waals surface area contributed by atoms with E-state index in [2.05, 4.69) is 15.5 Å². The van der Waals surface area contributed by atoms with Crippen molar-refractivity contribution in [2.75, 3.05) is 21.1 Å². The van der Waals surface area contributed by atoms with E-state index in [-0.39, 0.29) is 11.2 Å². The lowest BCUT2D eigenvalue weighted by Crippen LogP contribution is -3.04. The molecule has 0 bridgehead atoms. The monoisotopic (exact) mass is 245 g/mol. The van der Waals surface area contributed by atoms with Gasteiger partial charge in [0.1, 0.15) is 0 Å². The Hall–Kier alpha value is -1.08. The molecule has 90 valence electrons. The summed E-state index contributed by atoms with van der Waals surface area (Å²) in [5.74, 6) is 0.537. The van der Waals surface area contributed by atoms with Crippen molar-refractivity contribution >= 4 is 17.7 Å². The summed E-state index contributed by atoms with van der Waals surface area (Å²) in [6.45, 7) is 2.48. The molecule has 6 nitrogen and oxygen atoms in total. The molecule has 0 aromatic carbocycles. The highest BCUT2D eigenvalue weighted by atomic mass is 32.2. The first-order chi connectivity index (χ1) is 7.52. The minimum absolute atomic E-state index is 0.0528. The molecule has 0 aliphatic carbocycles. The number of amides is 1. The van der Waals surface area contributed by atoms with Gasteiger partial charge >= 0.3 is 0 Å². The summed E-state index contributed by atoms with van der Waals surface area (Å²) in [5.41, 5.74) is 0. The van der Waals surface area contributed by atoms with Gasteiger partial charge in [-0.1, -0.05) is 11.8 Å². The summed E-state index contributed by atoms with van der Waals surface area (Å²) in [7, 11) is 5.61. The van der Waals surface area contributed by atoms with Gasteiger partial charge in [-0.05, 0) is 6.92 Å². The molecule has 16 heavy (non-hydrogen) atoms. The van der Waals surface area contributed by atoms with Crippen molar-refractivity contribution in [3.63, 3.8) is 0 Å². The van der Waals surface area contributed by atoms with Crippen LogP contribution in [0.5, 0.6) is 0 Å². The number of quaternary nitrogens is 1. The standard InChI is InChI=1S/C9H16N4O2S/c1-6(8(14)10-2)16-9-12-11-7(15-9)5-13(3)4/h6H,5H2,1-4H3,(H,10,14)/p+1/t6-/m0/s1. The predicted molar refractivity (Wildman–Crippen MR) is 60.2 cm³/mol. The second kappa shape index (κ2) is 5.86. The molecule has 1 rings (SSSR count). The average molecular weight is 245 g/mol. The molecule has 0 fully saturated rings. The maximum atomic E-state index is 11.3. The number of rotatable bonds is 5. The first-order valence-electron chi connectivity index (χ1n) is 5.02. The number of thioether (sulfide) groups is 1. The highest BCUT2D eigenvalue weighted by molar-refractivity contribution is 8.00. The van der Waals surface area contributed by atoms with E-state index in [1.165, 1.54) is 16.7 Å². The van der Waals surface area contributed by atoms with Crippen LogP contribution in [0.1, 0.15) is 12.8 Å². The van der Waals surface area contributed by atoms with Gasteiger partial charge < -0.3 is 14.6 Å². The molecule has 0 aliphatic heterocycles. The van der Waals surface area contributed by atoms with Gasteiger partial charge in [0.25, 0.3) is 11.1 Å². The topological polar surface area (TPSA) is 72.5 Å². The van der Waals surface area contributed by atoms with Crippen LogP contribution in [0.4, 0.5) is 0 Å². The van der Waals surface area contributed by atoms with Gasteiger partial charge in [-0.25, -0.2) is 0 Å². The lowest BCUT2D eigenvalue weighted by Gasteiger charge is -2.05. The van der Waals surface area contributed by atoms with Gasteiger partial charge in [0.05, 0.1) is 19.3 Å². The predicted octanol–water partition coefficient (Wildman–Crippen LogP) is -1.06. The van der Waals surface area contributed by atoms with Crippen LogP contribution < -0.4 is 10.2 Å². The van der Waals surface area contributed by atoms with Gasteiger partial charge in [-0.15, -0.1) is 10.2 Å². The van der Waals surface area contributed by atoms with Crippen molar-refractivity contribution in [2.24, 2.45) is 0 Å². The van der Waals surface area contributed by atoms with E-state index >= 15 is 0 Å². The fourth-order valence-corrected chi connectivity index (χ4v) is 1.83. The number of nitrogens with one attached hydrogen (secondary N) is 2. The zero-order valence-corrected chi connectivity index (χ0v) is 10.7. The van der Waals surface area contributed by atoms with E-state index in [9.17, 15) is 4.79 Å². The van der Waals surface area contributed by atoms with E-state index in [4.69, 9.17) is 4.42 Å². The third kappa shape index (κ3) is 3.82. The molecule has 0 aliphatic rings. The third-order valence-electron chi connectivity index (χ3n) is 1.85. The Morgan fingerprint density at radius 2 is 2.25 bits per heavy atom. The minimum Gasteiger partial charge on any atom is -0.410 e. The first kappa shape index (κ1) is 13.0. The highest BCUT2D eigenvalue weighted by Gasteiger charge is 2.17. The minimum atomic E-state index is -0.231. The number of aromatic nitrogens is 2. The van der Waals surface area contributed by atoms with Crippen LogP contribution in [-0.4, -0.2) is 42.5 Å². The summed E-state index contributed by atoms with van der Waals surface area (Å²) in [6, 6.07) is 0. The van der Waals surface area contributed by atoms with E-state index in [1.54, 1.807) is 14.0 Å². The van der Waals surface area contributed by atoms with Crippen molar-refractivity contribution in [1.82, 2.24) is 15.5 Å². The molecule has 0 radical (unpaired) electrons. The molecular formula is C9H17N4O2S+. The van der Waals surface area contributed by atoms with Crippen molar-refractivity contribution < 1.29 is 14.1 Å². The smallest absolute Gasteiger partial charge is 0.277 e. The SMILES string of the molecule is CNC(=O)[C@H](C)Sc1nnc(C[NH+](C)C)o1. The van der Waals surface area contributed by atoms with Gasteiger partial charge in [0.2, 0.25) is 5.91 Å². The fourth-order valence-electron chi connectivity index (χ4n) is 1.07. The molecule has 1 heterocycles. The van der Waals surface area contributed by atoms with Crippen LogP contribution >= 0.6 is 11.8 Å². The Bertz CT molecular complexity index is 353.